The molecule has 0 aliphatic carbocycles. The lowest BCUT2D eigenvalue weighted by molar-refractivity contribution is -0.134. The highest BCUT2D eigenvalue weighted by atomic mass is 35.5. The molecule has 1 saturated heterocycles. The van der Waals surface area contributed by atoms with Gasteiger partial charge in [0, 0.05) is 23.0 Å². The van der Waals surface area contributed by atoms with Gasteiger partial charge < -0.3 is 5.32 Å². The number of hydrogen-bond donors (Lipinski definition) is 2. The van der Waals surface area contributed by atoms with Crippen molar-refractivity contribution in [2.45, 2.75) is 25.4 Å². The van der Waals surface area contributed by atoms with Gasteiger partial charge in [-0.3, -0.25) is 14.9 Å². The molecule has 1 aromatic carbocycles. The van der Waals surface area contributed by atoms with Gasteiger partial charge in [-0.2, -0.15) is 0 Å². The number of nitrogens with one attached hydrogen (secondary N) is 2. The van der Waals surface area contributed by atoms with Crippen molar-refractivity contribution in [1.82, 2.24) is 10.6 Å². The van der Waals surface area contributed by atoms with Crippen LogP contribution in [0.1, 0.15) is 18.4 Å². The number of benzene rings is 1. The molecule has 7 heteroatoms. The Bertz CT molecular complexity index is 474. The predicted molar refractivity (Wildman–Crippen MR) is 76.7 cm³/mol. The van der Waals surface area contributed by atoms with E-state index in [0.29, 0.717) is 29.4 Å². The second-order valence-electron chi connectivity index (χ2n) is 4.16. The van der Waals surface area contributed by atoms with Crippen LogP contribution in [-0.2, 0) is 16.1 Å². The van der Waals surface area contributed by atoms with Crippen LogP contribution in [0.4, 0.5) is 0 Å². The number of carbonyl (C=O) groups is 2. The fourth-order valence-electron chi connectivity index (χ4n) is 1.84. The molecule has 1 fully saturated rings. The van der Waals surface area contributed by atoms with Crippen LogP contribution in [0.2, 0.25) is 10.0 Å². The van der Waals surface area contributed by atoms with Crippen LogP contribution in [0.25, 0.3) is 0 Å². The number of imide groups is 1. The third-order valence-corrected chi connectivity index (χ3v) is 3.15. The molecule has 0 saturated carbocycles. The van der Waals surface area contributed by atoms with E-state index in [2.05, 4.69) is 10.6 Å². The fourth-order valence-corrected chi connectivity index (χ4v) is 2.41. The monoisotopic (exact) mass is 322 g/mol. The summed E-state index contributed by atoms with van der Waals surface area (Å²) in [6, 6.07) is 4.87. The minimum absolute atomic E-state index is 0. The highest BCUT2D eigenvalue weighted by molar-refractivity contribution is 6.34. The first-order valence-corrected chi connectivity index (χ1v) is 6.32. The summed E-state index contributed by atoms with van der Waals surface area (Å²) in [7, 11) is 0. The summed E-state index contributed by atoms with van der Waals surface area (Å²) in [4.78, 5) is 22.5. The number of amides is 2. The molecule has 4 nitrogen and oxygen atoms in total. The normalized spacial score (nSPS) is 18.7. The lowest BCUT2D eigenvalue weighted by atomic mass is 10.1. The highest BCUT2D eigenvalue weighted by Crippen LogP contribution is 2.19. The van der Waals surface area contributed by atoms with Gasteiger partial charge in [-0.25, -0.2) is 0 Å². The SMILES string of the molecule is Cl.O=C1CCC(NCc2cc(Cl)cc(Cl)c2)C(=O)N1. The van der Waals surface area contributed by atoms with Gasteiger partial charge in [0.15, 0.2) is 0 Å². The predicted octanol–water partition coefficient (Wildman–Crippen LogP) is 2.31. The molecule has 0 bridgehead atoms. The minimum atomic E-state index is -0.347. The number of rotatable bonds is 3. The van der Waals surface area contributed by atoms with Crippen LogP contribution in [0.3, 0.4) is 0 Å². The average molecular weight is 324 g/mol. The molecule has 0 aromatic heterocycles. The zero-order valence-electron chi connectivity index (χ0n) is 9.91. The standard InChI is InChI=1S/C12H12Cl2N2O2.ClH/c13-8-3-7(4-9(14)5-8)6-15-10-1-2-11(17)16-12(10)18;/h3-5,10,15H,1-2,6H2,(H,16,17,18);1H. The van der Waals surface area contributed by atoms with E-state index < -0.39 is 0 Å². The minimum Gasteiger partial charge on any atom is -0.302 e. The summed E-state index contributed by atoms with van der Waals surface area (Å²) < 4.78 is 0. The van der Waals surface area contributed by atoms with E-state index in [9.17, 15) is 9.59 Å². The number of halogens is 3. The summed E-state index contributed by atoms with van der Waals surface area (Å²) in [5.41, 5.74) is 0.900. The van der Waals surface area contributed by atoms with Gasteiger partial charge in [-0.1, -0.05) is 23.2 Å². The van der Waals surface area contributed by atoms with Gasteiger partial charge in [0.1, 0.15) is 0 Å². The van der Waals surface area contributed by atoms with Crippen LogP contribution < -0.4 is 10.6 Å². The van der Waals surface area contributed by atoms with Crippen molar-refractivity contribution in [3.8, 4) is 0 Å². The van der Waals surface area contributed by atoms with Crippen molar-refractivity contribution in [2.75, 3.05) is 0 Å². The molecular weight excluding hydrogens is 311 g/mol. The van der Waals surface area contributed by atoms with Gasteiger partial charge in [-0.05, 0) is 30.2 Å². The van der Waals surface area contributed by atoms with Crippen LogP contribution in [0, 0.1) is 0 Å². The maximum absolute atomic E-state index is 11.5. The van der Waals surface area contributed by atoms with Crippen LogP contribution in [0.15, 0.2) is 18.2 Å². The van der Waals surface area contributed by atoms with Crippen LogP contribution >= 0.6 is 35.6 Å². The summed E-state index contributed by atoms with van der Waals surface area (Å²) in [6.07, 6.45) is 0.874. The van der Waals surface area contributed by atoms with E-state index in [-0.39, 0.29) is 30.3 Å². The molecule has 2 amide bonds. The van der Waals surface area contributed by atoms with Gasteiger partial charge in [0.05, 0.1) is 6.04 Å². The lowest BCUT2D eigenvalue weighted by Crippen LogP contribution is -2.50. The van der Waals surface area contributed by atoms with Crippen molar-refractivity contribution in [3.05, 3.63) is 33.8 Å². The number of carbonyl (C=O) groups excluding carboxylic acids is 2. The van der Waals surface area contributed by atoms with Crippen molar-refractivity contribution < 1.29 is 9.59 Å². The van der Waals surface area contributed by atoms with Crippen molar-refractivity contribution >= 4 is 47.4 Å². The Morgan fingerprint density at radius 3 is 2.42 bits per heavy atom. The quantitative estimate of drug-likeness (QED) is 0.839. The summed E-state index contributed by atoms with van der Waals surface area (Å²) in [5, 5.41) is 6.49. The van der Waals surface area contributed by atoms with E-state index in [1.807, 2.05) is 0 Å². The summed E-state index contributed by atoms with van der Waals surface area (Å²) in [5.74, 6) is -0.497. The molecular formula is C12H13Cl3N2O2. The Labute approximate surface area is 127 Å². The summed E-state index contributed by atoms with van der Waals surface area (Å²) >= 11 is 11.8. The molecule has 1 unspecified atom stereocenters. The molecule has 19 heavy (non-hydrogen) atoms. The van der Waals surface area contributed by atoms with Crippen LogP contribution in [-0.4, -0.2) is 17.9 Å². The fraction of sp³-hybridized carbons (Fsp3) is 0.333. The molecule has 104 valence electrons. The molecule has 2 N–H and O–H groups in total. The zero-order valence-corrected chi connectivity index (χ0v) is 12.2. The molecule has 1 aliphatic heterocycles. The topological polar surface area (TPSA) is 58.2 Å². The largest absolute Gasteiger partial charge is 0.302 e. The first-order valence-electron chi connectivity index (χ1n) is 5.56. The maximum atomic E-state index is 11.5. The van der Waals surface area contributed by atoms with E-state index in [0.717, 1.165) is 5.56 Å². The maximum Gasteiger partial charge on any atom is 0.243 e. The second kappa shape index (κ2) is 7.10. The van der Waals surface area contributed by atoms with Gasteiger partial charge in [0.25, 0.3) is 0 Å². The van der Waals surface area contributed by atoms with Gasteiger partial charge in [-0.15, -0.1) is 12.4 Å². The molecule has 0 spiro atoms. The Balaban J connectivity index is 0.00000180. The van der Waals surface area contributed by atoms with Crippen molar-refractivity contribution in [2.24, 2.45) is 0 Å². The first-order chi connectivity index (χ1) is 8.54. The number of hydrogen-bond acceptors (Lipinski definition) is 3. The third kappa shape index (κ3) is 4.66. The Kier molecular flexibility index (Phi) is 6.07. The third-order valence-electron chi connectivity index (χ3n) is 2.71. The van der Waals surface area contributed by atoms with E-state index in [4.69, 9.17) is 23.2 Å². The van der Waals surface area contributed by atoms with Crippen molar-refractivity contribution in [1.29, 1.82) is 0 Å². The average Bonchev–Trinajstić information content (AvgIpc) is 2.26. The highest BCUT2D eigenvalue weighted by Gasteiger charge is 2.25. The molecule has 1 aliphatic rings. The zero-order chi connectivity index (χ0) is 13.1. The van der Waals surface area contributed by atoms with Gasteiger partial charge >= 0.3 is 0 Å². The number of piperidine rings is 1. The molecule has 0 radical (unpaired) electrons. The molecule has 2 rings (SSSR count). The smallest absolute Gasteiger partial charge is 0.243 e. The Morgan fingerprint density at radius 1 is 1.21 bits per heavy atom. The molecule has 1 atom stereocenters. The molecule has 1 heterocycles. The molecule has 1 aromatic rings. The first kappa shape index (κ1) is 16.2. The second-order valence-corrected chi connectivity index (χ2v) is 5.04. The lowest BCUT2D eigenvalue weighted by Gasteiger charge is -2.21. The van der Waals surface area contributed by atoms with E-state index in [1.54, 1.807) is 18.2 Å². The Hall–Kier alpha value is -0.810. The van der Waals surface area contributed by atoms with Crippen LogP contribution in [0.5, 0.6) is 0 Å². The Morgan fingerprint density at radius 2 is 1.84 bits per heavy atom. The van der Waals surface area contributed by atoms with E-state index >= 15 is 0 Å². The van der Waals surface area contributed by atoms with Crippen molar-refractivity contribution in [3.63, 3.8) is 0 Å². The van der Waals surface area contributed by atoms with Gasteiger partial charge in [0.2, 0.25) is 11.8 Å². The summed E-state index contributed by atoms with van der Waals surface area (Å²) in [6.45, 7) is 0.479. The van der Waals surface area contributed by atoms with E-state index in [1.165, 1.54) is 0 Å².